The van der Waals surface area contributed by atoms with Crippen LogP contribution < -0.4 is 5.32 Å². The zero-order valence-electron chi connectivity index (χ0n) is 14.3. The van der Waals surface area contributed by atoms with Crippen molar-refractivity contribution in [2.45, 2.75) is 58.9 Å². The third-order valence-corrected chi connectivity index (χ3v) is 4.75. The molecule has 0 spiro atoms. The SMILES string of the molecule is CC[C@@H]1CCCCN1CCCNC(=O)c1ccc(C)cc1C. The molecule has 0 aliphatic carbocycles. The van der Waals surface area contributed by atoms with E-state index in [0.717, 1.165) is 36.7 Å². The van der Waals surface area contributed by atoms with Crippen LogP contribution in [0.4, 0.5) is 0 Å². The minimum Gasteiger partial charge on any atom is -0.352 e. The van der Waals surface area contributed by atoms with Crippen molar-refractivity contribution in [3.63, 3.8) is 0 Å². The van der Waals surface area contributed by atoms with E-state index in [1.165, 1.54) is 37.8 Å². The van der Waals surface area contributed by atoms with E-state index in [4.69, 9.17) is 0 Å². The van der Waals surface area contributed by atoms with Crippen molar-refractivity contribution in [2.24, 2.45) is 0 Å². The van der Waals surface area contributed by atoms with Crippen LogP contribution in [0.25, 0.3) is 0 Å². The van der Waals surface area contributed by atoms with Gasteiger partial charge in [-0.05, 0) is 57.7 Å². The first kappa shape index (κ1) is 17.0. The van der Waals surface area contributed by atoms with Crippen molar-refractivity contribution in [3.8, 4) is 0 Å². The fourth-order valence-corrected chi connectivity index (χ4v) is 3.46. The highest BCUT2D eigenvalue weighted by atomic mass is 16.1. The second-order valence-electron chi connectivity index (χ2n) is 6.52. The monoisotopic (exact) mass is 302 g/mol. The van der Waals surface area contributed by atoms with E-state index >= 15 is 0 Å². The number of likely N-dealkylation sites (tertiary alicyclic amines) is 1. The molecule has 1 aliphatic rings. The number of benzene rings is 1. The van der Waals surface area contributed by atoms with Crippen LogP contribution in [0.1, 0.15) is 60.5 Å². The molecule has 0 bridgehead atoms. The Bertz CT molecular complexity index is 498. The molecule has 22 heavy (non-hydrogen) atoms. The average Bonchev–Trinajstić information content (AvgIpc) is 2.51. The quantitative estimate of drug-likeness (QED) is 0.813. The number of nitrogens with zero attached hydrogens (tertiary/aromatic N) is 1. The third-order valence-electron chi connectivity index (χ3n) is 4.75. The van der Waals surface area contributed by atoms with E-state index in [0.29, 0.717) is 0 Å². The van der Waals surface area contributed by atoms with Gasteiger partial charge in [-0.3, -0.25) is 4.79 Å². The molecule has 0 radical (unpaired) electrons. The van der Waals surface area contributed by atoms with Crippen molar-refractivity contribution in [2.75, 3.05) is 19.6 Å². The van der Waals surface area contributed by atoms with Gasteiger partial charge in [0.05, 0.1) is 0 Å². The number of piperidine rings is 1. The van der Waals surface area contributed by atoms with Gasteiger partial charge in [0.2, 0.25) is 0 Å². The number of aryl methyl sites for hydroxylation is 2. The summed E-state index contributed by atoms with van der Waals surface area (Å²) in [5, 5.41) is 3.07. The van der Waals surface area contributed by atoms with E-state index in [1.807, 2.05) is 19.1 Å². The highest BCUT2D eigenvalue weighted by molar-refractivity contribution is 5.95. The first-order valence-corrected chi connectivity index (χ1v) is 8.71. The van der Waals surface area contributed by atoms with Gasteiger partial charge in [-0.15, -0.1) is 0 Å². The molecule has 122 valence electrons. The van der Waals surface area contributed by atoms with Crippen LogP contribution >= 0.6 is 0 Å². The zero-order valence-corrected chi connectivity index (χ0v) is 14.3. The van der Waals surface area contributed by atoms with Crippen LogP contribution in [0, 0.1) is 13.8 Å². The molecule has 1 saturated heterocycles. The molecule has 1 aliphatic heterocycles. The maximum atomic E-state index is 12.2. The summed E-state index contributed by atoms with van der Waals surface area (Å²) < 4.78 is 0. The maximum Gasteiger partial charge on any atom is 0.251 e. The lowest BCUT2D eigenvalue weighted by Gasteiger charge is -2.35. The lowest BCUT2D eigenvalue weighted by Crippen LogP contribution is -2.40. The van der Waals surface area contributed by atoms with Gasteiger partial charge in [-0.2, -0.15) is 0 Å². The molecular weight excluding hydrogens is 272 g/mol. The average molecular weight is 302 g/mol. The molecule has 0 unspecified atom stereocenters. The van der Waals surface area contributed by atoms with Crippen LogP contribution in [0.3, 0.4) is 0 Å². The predicted octanol–water partition coefficient (Wildman–Crippen LogP) is 3.69. The second-order valence-corrected chi connectivity index (χ2v) is 6.52. The van der Waals surface area contributed by atoms with Crippen molar-refractivity contribution >= 4 is 5.91 Å². The number of carbonyl (C=O) groups excluding carboxylic acids is 1. The second kappa shape index (κ2) is 8.33. The minimum atomic E-state index is 0.0585. The predicted molar refractivity (Wildman–Crippen MR) is 92.4 cm³/mol. The lowest BCUT2D eigenvalue weighted by atomic mass is 10.00. The van der Waals surface area contributed by atoms with Crippen molar-refractivity contribution in [3.05, 3.63) is 34.9 Å². The van der Waals surface area contributed by atoms with Gasteiger partial charge in [-0.25, -0.2) is 0 Å². The van der Waals surface area contributed by atoms with E-state index < -0.39 is 0 Å². The Hall–Kier alpha value is -1.35. The number of nitrogens with one attached hydrogen (secondary N) is 1. The summed E-state index contributed by atoms with van der Waals surface area (Å²) >= 11 is 0. The van der Waals surface area contributed by atoms with Crippen LogP contribution in [0.15, 0.2) is 18.2 Å². The van der Waals surface area contributed by atoms with Crippen LogP contribution in [-0.2, 0) is 0 Å². The van der Waals surface area contributed by atoms with E-state index in [-0.39, 0.29) is 5.91 Å². The molecule has 1 heterocycles. The molecule has 1 fully saturated rings. The van der Waals surface area contributed by atoms with Crippen molar-refractivity contribution in [1.29, 1.82) is 0 Å². The Kier molecular flexibility index (Phi) is 6.44. The molecule has 1 amide bonds. The smallest absolute Gasteiger partial charge is 0.251 e. The summed E-state index contributed by atoms with van der Waals surface area (Å²) in [5.41, 5.74) is 3.05. The summed E-state index contributed by atoms with van der Waals surface area (Å²) in [6.07, 6.45) is 6.32. The Morgan fingerprint density at radius 1 is 1.32 bits per heavy atom. The fraction of sp³-hybridized carbons (Fsp3) is 0.632. The first-order chi connectivity index (χ1) is 10.6. The largest absolute Gasteiger partial charge is 0.352 e. The standard InChI is InChI=1S/C19H30N2O/c1-4-17-8-5-6-12-21(17)13-7-11-20-19(22)18-10-9-15(2)14-16(18)3/h9-10,14,17H,4-8,11-13H2,1-3H3,(H,20,22)/t17-/m1/s1. The highest BCUT2D eigenvalue weighted by Crippen LogP contribution is 2.19. The number of rotatable bonds is 6. The van der Waals surface area contributed by atoms with Gasteiger partial charge in [-0.1, -0.05) is 31.0 Å². The van der Waals surface area contributed by atoms with Crippen LogP contribution in [0.2, 0.25) is 0 Å². The fourth-order valence-electron chi connectivity index (χ4n) is 3.46. The Morgan fingerprint density at radius 2 is 2.14 bits per heavy atom. The van der Waals surface area contributed by atoms with Gasteiger partial charge < -0.3 is 10.2 Å². The number of amides is 1. The third kappa shape index (κ3) is 4.57. The van der Waals surface area contributed by atoms with Gasteiger partial charge >= 0.3 is 0 Å². The molecule has 1 aromatic carbocycles. The van der Waals surface area contributed by atoms with Crippen LogP contribution in [-0.4, -0.2) is 36.5 Å². The van der Waals surface area contributed by atoms with Gasteiger partial charge in [0.25, 0.3) is 5.91 Å². The minimum absolute atomic E-state index is 0.0585. The molecule has 2 rings (SSSR count). The summed E-state index contributed by atoms with van der Waals surface area (Å²) in [7, 11) is 0. The van der Waals surface area contributed by atoms with E-state index in [1.54, 1.807) is 0 Å². The normalized spacial score (nSPS) is 19.1. The molecule has 0 aromatic heterocycles. The Balaban J connectivity index is 1.75. The molecule has 0 saturated carbocycles. The molecular formula is C19H30N2O. The van der Waals surface area contributed by atoms with Gasteiger partial charge in [0.1, 0.15) is 0 Å². The summed E-state index contributed by atoms with van der Waals surface area (Å²) in [6, 6.07) is 6.75. The van der Waals surface area contributed by atoms with E-state index in [2.05, 4.69) is 30.1 Å². The Labute approximate surface area is 135 Å². The molecule has 1 N–H and O–H groups in total. The first-order valence-electron chi connectivity index (χ1n) is 8.71. The van der Waals surface area contributed by atoms with Crippen LogP contribution in [0.5, 0.6) is 0 Å². The number of hydrogen-bond acceptors (Lipinski definition) is 2. The summed E-state index contributed by atoms with van der Waals surface area (Å²) in [6.45, 7) is 9.43. The summed E-state index contributed by atoms with van der Waals surface area (Å²) in [4.78, 5) is 14.8. The van der Waals surface area contributed by atoms with Gasteiger partial charge in [0.15, 0.2) is 0 Å². The molecule has 3 nitrogen and oxygen atoms in total. The highest BCUT2D eigenvalue weighted by Gasteiger charge is 2.19. The maximum absolute atomic E-state index is 12.2. The topological polar surface area (TPSA) is 32.3 Å². The zero-order chi connectivity index (χ0) is 15.9. The number of carbonyl (C=O) groups is 1. The molecule has 1 atom stereocenters. The Morgan fingerprint density at radius 3 is 2.86 bits per heavy atom. The van der Waals surface area contributed by atoms with Crippen molar-refractivity contribution < 1.29 is 4.79 Å². The van der Waals surface area contributed by atoms with Crippen molar-refractivity contribution in [1.82, 2.24) is 10.2 Å². The lowest BCUT2D eigenvalue weighted by molar-refractivity contribution is 0.0946. The summed E-state index contributed by atoms with van der Waals surface area (Å²) in [5.74, 6) is 0.0585. The van der Waals surface area contributed by atoms with Gasteiger partial charge in [0, 0.05) is 24.7 Å². The molecule has 3 heteroatoms. The van der Waals surface area contributed by atoms with E-state index in [9.17, 15) is 4.79 Å². The molecule has 1 aromatic rings. The number of hydrogen-bond donors (Lipinski definition) is 1.